The highest BCUT2D eigenvalue weighted by molar-refractivity contribution is 7.80. The molecule has 2 aromatic carbocycles. The maximum atomic E-state index is 13.4. The summed E-state index contributed by atoms with van der Waals surface area (Å²) >= 11 is 4.97. The van der Waals surface area contributed by atoms with Crippen LogP contribution in [0.4, 0.5) is 8.78 Å². The van der Waals surface area contributed by atoms with Crippen molar-refractivity contribution >= 4 is 23.2 Å². The van der Waals surface area contributed by atoms with Gasteiger partial charge in [0.1, 0.15) is 11.6 Å². The zero-order chi connectivity index (χ0) is 16.1. The number of amides is 1. The summed E-state index contributed by atoms with van der Waals surface area (Å²) in [4.78, 5) is 11.9. The fraction of sp³-hybridized carbons (Fsp3) is 0.125. The molecule has 2 aromatic rings. The molecule has 1 amide bonds. The summed E-state index contributed by atoms with van der Waals surface area (Å²) in [7, 11) is 0. The van der Waals surface area contributed by atoms with Crippen LogP contribution in [0.15, 0.2) is 42.5 Å². The lowest BCUT2D eigenvalue weighted by molar-refractivity contribution is 0.0976. The Labute approximate surface area is 132 Å². The monoisotopic (exact) mass is 320 g/mol. The van der Waals surface area contributed by atoms with Crippen molar-refractivity contribution in [3.63, 3.8) is 0 Å². The average molecular weight is 320 g/mol. The first-order valence-electron chi connectivity index (χ1n) is 6.55. The van der Waals surface area contributed by atoms with Crippen LogP contribution in [0.5, 0.6) is 0 Å². The highest BCUT2D eigenvalue weighted by Gasteiger charge is 2.09. The molecule has 0 saturated heterocycles. The van der Waals surface area contributed by atoms with E-state index in [1.807, 2.05) is 19.1 Å². The van der Waals surface area contributed by atoms with E-state index in [9.17, 15) is 13.6 Å². The molecule has 0 bridgehead atoms. The molecule has 0 aliphatic carbocycles. The van der Waals surface area contributed by atoms with E-state index in [1.54, 1.807) is 12.1 Å². The summed E-state index contributed by atoms with van der Waals surface area (Å²) in [6.07, 6.45) is 0. The second kappa shape index (κ2) is 7.09. The first-order valence-corrected chi connectivity index (χ1v) is 6.96. The van der Waals surface area contributed by atoms with Gasteiger partial charge in [0.25, 0.3) is 5.91 Å². The van der Waals surface area contributed by atoms with Crippen molar-refractivity contribution in [3.05, 3.63) is 70.8 Å². The van der Waals surface area contributed by atoms with Crippen LogP contribution in [-0.2, 0) is 6.54 Å². The minimum absolute atomic E-state index is 0.0173. The normalized spacial score (nSPS) is 10.1. The predicted molar refractivity (Wildman–Crippen MR) is 84.4 cm³/mol. The zero-order valence-corrected chi connectivity index (χ0v) is 12.6. The van der Waals surface area contributed by atoms with Crippen LogP contribution in [0, 0.1) is 18.6 Å². The van der Waals surface area contributed by atoms with Gasteiger partial charge >= 0.3 is 0 Å². The van der Waals surface area contributed by atoms with Gasteiger partial charge in [-0.1, -0.05) is 17.7 Å². The Kier molecular flexibility index (Phi) is 5.16. The largest absolute Gasteiger partial charge is 0.358 e. The van der Waals surface area contributed by atoms with Crippen LogP contribution in [0.2, 0.25) is 0 Å². The number of benzene rings is 2. The molecule has 0 atom stereocenters. The van der Waals surface area contributed by atoms with Gasteiger partial charge < -0.3 is 5.32 Å². The van der Waals surface area contributed by atoms with Crippen molar-refractivity contribution in [1.82, 2.24) is 10.6 Å². The molecule has 2 N–H and O–H groups in total. The Balaban J connectivity index is 1.91. The van der Waals surface area contributed by atoms with Gasteiger partial charge in [-0.25, -0.2) is 8.78 Å². The first kappa shape index (κ1) is 16.0. The lowest BCUT2D eigenvalue weighted by Gasteiger charge is -2.10. The van der Waals surface area contributed by atoms with Gasteiger partial charge in [0.05, 0.1) is 0 Å². The summed E-state index contributed by atoms with van der Waals surface area (Å²) in [6, 6.07) is 10.1. The first-order chi connectivity index (χ1) is 10.5. The number of halogens is 2. The van der Waals surface area contributed by atoms with Crippen LogP contribution >= 0.6 is 12.2 Å². The molecule has 6 heteroatoms. The minimum Gasteiger partial charge on any atom is -0.358 e. The van der Waals surface area contributed by atoms with E-state index in [1.165, 1.54) is 0 Å². The van der Waals surface area contributed by atoms with Crippen molar-refractivity contribution in [2.75, 3.05) is 0 Å². The van der Waals surface area contributed by atoms with Crippen LogP contribution in [0.25, 0.3) is 0 Å². The predicted octanol–water partition coefficient (Wildman–Crippen LogP) is 3.08. The number of hydrogen-bond donors (Lipinski definition) is 2. The Bertz CT molecular complexity index is 702. The Morgan fingerprint density at radius 2 is 1.82 bits per heavy atom. The molecule has 0 radical (unpaired) electrons. The van der Waals surface area contributed by atoms with E-state index in [0.717, 1.165) is 23.8 Å². The maximum absolute atomic E-state index is 13.4. The van der Waals surface area contributed by atoms with Crippen molar-refractivity contribution in [2.45, 2.75) is 13.5 Å². The topological polar surface area (TPSA) is 41.1 Å². The molecule has 22 heavy (non-hydrogen) atoms. The molecule has 0 unspecified atom stereocenters. The Hall–Kier alpha value is -2.34. The van der Waals surface area contributed by atoms with Gasteiger partial charge in [-0.05, 0) is 49.5 Å². The summed E-state index contributed by atoms with van der Waals surface area (Å²) in [6.45, 7) is 1.90. The van der Waals surface area contributed by atoms with E-state index < -0.39 is 11.6 Å². The number of carbonyl (C=O) groups is 1. The fourth-order valence-electron chi connectivity index (χ4n) is 1.78. The highest BCUT2D eigenvalue weighted by Crippen LogP contribution is 2.09. The van der Waals surface area contributed by atoms with Crippen molar-refractivity contribution < 1.29 is 13.6 Å². The van der Waals surface area contributed by atoms with Crippen molar-refractivity contribution in [2.24, 2.45) is 0 Å². The van der Waals surface area contributed by atoms with E-state index >= 15 is 0 Å². The van der Waals surface area contributed by atoms with Gasteiger partial charge in [0.2, 0.25) is 0 Å². The van der Waals surface area contributed by atoms with E-state index in [0.29, 0.717) is 5.56 Å². The number of rotatable bonds is 3. The molecule has 2 rings (SSSR count). The van der Waals surface area contributed by atoms with Crippen molar-refractivity contribution in [1.29, 1.82) is 0 Å². The number of aryl methyl sites for hydroxylation is 1. The van der Waals surface area contributed by atoms with E-state index in [2.05, 4.69) is 10.6 Å². The second-order valence-electron chi connectivity index (χ2n) is 4.74. The zero-order valence-electron chi connectivity index (χ0n) is 11.8. The highest BCUT2D eigenvalue weighted by atomic mass is 32.1. The number of thiocarbonyl (C=S) groups is 1. The third-order valence-corrected chi connectivity index (χ3v) is 3.23. The molecule has 0 heterocycles. The van der Waals surface area contributed by atoms with Gasteiger partial charge in [0, 0.05) is 17.7 Å². The van der Waals surface area contributed by atoms with Crippen LogP contribution in [0.3, 0.4) is 0 Å². The smallest absolute Gasteiger partial charge is 0.257 e. The van der Waals surface area contributed by atoms with Crippen LogP contribution in [-0.4, -0.2) is 11.0 Å². The lowest BCUT2D eigenvalue weighted by atomic mass is 10.1. The van der Waals surface area contributed by atoms with Gasteiger partial charge in [-0.3, -0.25) is 10.1 Å². The molecule has 0 saturated carbocycles. The second-order valence-corrected chi connectivity index (χ2v) is 5.15. The van der Waals surface area contributed by atoms with Crippen LogP contribution < -0.4 is 10.6 Å². The standard InChI is InChI=1S/C16H14F2N2OS/c1-10-2-4-11(5-3-10)15(21)20-16(22)19-9-12-8-13(17)6-7-14(12)18/h2-8H,9H2,1H3,(H2,19,20,21,22). The molecule has 0 aromatic heterocycles. The van der Waals surface area contributed by atoms with Crippen LogP contribution in [0.1, 0.15) is 21.5 Å². The summed E-state index contributed by atoms with van der Waals surface area (Å²) < 4.78 is 26.5. The molecule has 0 fully saturated rings. The third-order valence-electron chi connectivity index (χ3n) is 2.99. The molecular formula is C16H14F2N2OS. The average Bonchev–Trinajstić information content (AvgIpc) is 2.49. The molecule has 0 aliphatic rings. The van der Waals surface area contributed by atoms with Crippen molar-refractivity contribution in [3.8, 4) is 0 Å². The molecule has 0 aliphatic heterocycles. The van der Waals surface area contributed by atoms with E-state index in [-0.39, 0.29) is 23.1 Å². The summed E-state index contributed by atoms with van der Waals surface area (Å²) in [5.74, 6) is -1.44. The van der Waals surface area contributed by atoms with E-state index in [4.69, 9.17) is 12.2 Å². The van der Waals surface area contributed by atoms with Gasteiger partial charge in [0.15, 0.2) is 5.11 Å². The SMILES string of the molecule is Cc1ccc(C(=O)NC(=S)NCc2cc(F)ccc2F)cc1. The van der Waals surface area contributed by atoms with Gasteiger partial charge in [-0.15, -0.1) is 0 Å². The number of nitrogens with one attached hydrogen (secondary N) is 2. The summed E-state index contributed by atoms with van der Waals surface area (Å²) in [5, 5.41) is 5.21. The molecule has 0 spiro atoms. The quantitative estimate of drug-likeness (QED) is 0.854. The third kappa shape index (κ3) is 4.33. The molecule has 114 valence electrons. The lowest BCUT2D eigenvalue weighted by Crippen LogP contribution is -2.39. The maximum Gasteiger partial charge on any atom is 0.257 e. The molecule has 3 nitrogen and oxygen atoms in total. The summed E-state index contributed by atoms with van der Waals surface area (Å²) in [5.41, 5.74) is 1.64. The molecular weight excluding hydrogens is 306 g/mol. The Morgan fingerprint density at radius 1 is 1.14 bits per heavy atom. The number of hydrogen-bond acceptors (Lipinski definition) is 2. The Morgan fingerprint density at radius 3 is 2.50 bits per heavy atom. The van der Waals surface area contributed by atoms with Gasteiger partial charge in [-0.2, -0.15) is 0 Å². The number of carbonyl (C=O) groups excluding carboxylic acids is 1. The minimum atomic E-state index is -0.540. The fourth-order valence-corrected chi connectivity index (χ4v) is 1.94.